The Balaban J connectivity index is 4.44. The average Bonchev–Trinajstić information content (AvgIpc) is 3.04. The van der Waals surface area contributed by atoms with Gasteiger partial charge in [-0.05, 0) is 57.8 Å². The van der Waals surface area contributed by atoms with Crippen molar-refractivity contribution in [3.63, 3.8) is 0 Å². The second kappa shape index (κ2) is 31.7. The maximum atomic E-state index is 12.6. The van der Waals surface area contributed by atoms with Crippen molar-refractivity contribution in [3.05, 3.63) is 60.8 Å². The first-order chi connectivity index (χ1) is 23.5. The van der Waals surface area contributed by atoms with E-state index in [1.807, 2.05) is 21.1 Å². The maximum absolute atomic E-state index is 12.6. The fourth-order valence-corrected chi connectivity index (χ4v) is 5.13. The molecule has 0 radical (unpaired) electrons. The summed E-state index contributed by atoms with van der Waals surface area (Å²) >= 11 is 0. The quantitative estimate of drug-likeness (QED) is 0.0242. The van der Waals surface area contributed by atoms with Gasteiger partial charge in [0.15, 0.2) is 6.10 Å². The lowest BCUT2D eigenvalue weighted by atomic mass is 10.1. The van der Waals surface area contributed by atoms with Gasteiger partial charge in [0, 0.05) is 12.8 Å². The van der Waals surface area contributed by atoms with Gasteiger partial charge in [-0.15, -0.1) is 0 Å². The Labute approximate surface area is 298 Å². The molecule has 0 saturated heterocycles. The van der Waals surface area contributed by atoms with Gasteiger partial charge >= 0.3 is 19.8 Å². The van der Waals surface area contributed by atoms with Gasteiger partial charge in [-0.25, -0.2) is 4.57 Å². The number of allylic oxidation sites excluding steroid dienone is 10. The summed E-state index contributed by atoms with van der Waals surface area (Å²) in [6.07, 6.45) is 35.8. The first kappa shape index (κ1) is 46.7. The normalized spacial score (nSPS) is 14.5. The van der Waals surface area contributed by atoms with Gasteiger partial charge < -0.3 is 18.9 Å². The van der Waals surface area contributed by atoms with Gasteiger partial charge in [0.1, 0.15) is 19.8 Å². The summed E-state index contributed by atoms with van der Waals surface area (Å²) in [6.45, 7) is 4.16. The molecule has 49 heavy (non-hydrogen) atoms. The van der Waals surface area contributed by atoms with Crippen LogP contribution in [0.4, 0.5) is 0 Å². The monoisotopic (exact) mass is 710 g/mol. The highest BCUT2D eigenvalue weighted by atomic mass is 31.2. The third-order valence-electron chi connectivity index (χ3n) is 7.31. The smallest absolute Gasteiger partial charge is 0.462 e. The van der Waals surface area contributed by atoms with Crippen molar-refractivity contribution < 1.29 is 42.1 Å². The Morgan fingerprint density at radius 2 is 1.16 bits per heavy atom. The van der Waals surface area contributed by atoms with Crippen LogP contribution in [0.2, 0.25) is 0 Å². The molecule has 0 amide bonds. The van der Waals surface area contributed by atoms with Gasteiger partial charge in [0.2, 0.25) is 0 Å². The number of esters is 2. The number of phosphoric acid groups is 1. The van der Waals surface area contributed by atoms with E-state index >= 15 is 0 Å². The Bertz CT molecular complexity index is 1030. The summed E-state index contributed by atoms with van der Waals surface area (Å²) in [4.78, 5) is 34.9. The van der Waals surface area contributed by atoms with Crippen LogP contribution in [-0.2, 0) is 32.7 Å². The summed E-state index contributed by atoms with van der Waals surface area (Å²) in [5, 5.41) is 0. The highest BCUT2D eigenvalue weighted by Gasteiger charge is 2.27. The van der Waals surface area contributed by atoms with Gasteiger partial charge in [0.05, 0.1) is 27.7 Å². The Hall–Kier alpha value is -2.29. The lowest BCUT2D eigenvalue weighted by molar-refractivity contribution is -0.870. The van der Waals surface area contributed by atoms with Crippen LogP contribution in [0.3, 0.4) is 0 Å². The molecular formula is C39H69NO8P+. The molecule has 0 aromatic rings. The van der Waals surface area contributed by atoms with E-state index in [9.17, 15) is 19.0 Å². The van der Waals surface area contributed by atoms with Crippen LogP contribution in [0.25, 0.3) is 0 Å². The third kappa shape index (κ3) is 35.3. The minimum atomic E-state index is -4.37. The molecule has 1 N–H and O–H groups in total. The predicted octanol–water partition coefficient (Wildman–Crippen LogP) is 9.73. The van der Waals surface area contributed by atoms with E-state index in [2.05, 4.69) is 74.6 Å². The van der Waals surface area contributed by atoms with E-state index in [-0.39, 0.29) is 26.1 Å². The molecule has 0 bridgehead atoms. The second-order valence-electron chi connectivity index (χ2n) is 13.2. The highest BCUT2D eigenvalue weighted by molar-refractivity contribution is 7.47. The van der Waals surface area contributed by atoms with Gasteiger partial charge in [-0.3, -0.25) is 18.6 Å². The van der Waals surface area contributed by atoms with E-state index < -0.39 is 32.5 Å². The Morgan fingerprint density at radius 3 is 1.73 bits per heavy atom. The lowest BCUT2D eigenvalue weighted by Gasteiger charge is -2.24. The summed E-state index contributed by atoms with van der Waals surface area (Å²) in [6, 6.07) is 0. The maximum Gasteiger partial charge on any atom is 0.472 e. The van der Waals surface area contributed by atoms with Crippen LogP contribution in [0.5, 0.6) is 0 Å². The molecule has 0 fully saturated rings. The number of ether oxygens (including phenoxy) is 2. The first-order valence-electron chi connectivity index (χ1n) is 18.5. The molecule has 0 aliphatic rings. The second-order valence-corrected chi connectivity index (χ2v) is 14.7. The third-order valence-corrected chi connectivity index (χ3v) is 8.30. The molecule has 2 atom stereocenters. The van der Waals surface area contributed by atoms with Crippen LogP contribution < -0.4 is 0 Å². The molecule has 0 aromatic heterocycles. The molecule has 0 heterocycles. The summed E-state index contributed by atoms with van der Waals surface area (Å²) in [5.74, 6) is -0.855. The van der Waals surface area contributed by atoms with E-state index in [1.54, 1.807) is 0 Å². The zero-order valence-corrected chi connectivity index (χ0v) is 32.3. The predicted molar refractivity (Wildman–Crippen MR) is 201 cm³/mol. The molecule has 9 nitrogen and oxygen atoms in total. The van der Waals surface area contributed by atoms with Crippen molar-refractivity contribution >= 4 is 19.8 Å². The molecule has 0 aromatic carbocycles. The molecule has 282 valence electrons. The minimum absolute atomic E-state index is 0.0224. The molecule has 0 spiro atoms. The Morgan fingerprint density at radius 1 is 0.653 bits per heavy atom. The minimum Gasteiger partial charge on any atom is -0.462 e. The van der Waals surface area contributed by atoms with E-state index in [1.165, 1.54) is 6.42 Å². The number of hydrogen-bond donors (Lipinski definition) is 1. The van der Waals surface area contributed by atoms with Crippen molar-refractivity contribution in [2.45, 2.75) is 129 Å². The van der Waals surface area contributed by atoms with Crippen LogP contribution in [-0.4, -0.2) is 74.9 Å². The zero-order chi connectivity index (χ0) is 36.5. The molecule has 0 aliphatic carbocycles. The number of likely N-dealkylation sites (N-methyl/N-ethyl adjacent to an activating group) is 1. The number of nitrogens with zero attached hydrogens (tertiary/aromatic N) is 1. The van der Waals surface area contributed by atoms with Gasteiger partial charge in [0.25, 0.3) is 0 Å². The number of carbonyl (C=O) groups is 2. The van der Waals surface area contributed by atoms with Crippen LogP contribution >= 0.6 is 7.82 Å². The van der Waals surface area contributed by atoms with Crippen molar-refractivity contribution in [3.8, 4) is 0 Å². The van der Waals surface area contributed by atoms with Crippen molar-refractivity contribution in [2.75, 3.05) is 47.5 Å². The summed E-state index contributed by atoms with van der Waals surface area (Å²) in [7, 11) is 1.44. The SMILES string of the molecule is CC/C=C\C/C=C\C/C=C\C/C=C\C/C=C\CCCCCC(=O)OC(COC(=O)CCCCCCCC)COP(=O)(O)OCC[N+](C)(C)C. The number of hydrogen-bond acceptors (Lipinski definition) is 7. The largest absolute Gasteiger partial charge is 0.472 e. The lowest BCUT2D eigenvalue weighted by Crippen LogP contribution is -2.37. The van der Waals surface area contributed by atoms with Crippen LogP contribution in [0.15, 0.2) is 60.8 Å². The zero-order valence-electron chi connectivity index (χ0n) is 31.4. The molecular weight excluding hydrogens is 641 g/mol. The molecule has 2 unspecified atom stereocenters. The molecule has 0 rings (SSSR count). The summed E-state index contributed by atoms with van der Waals surface area (Å²) < 4.78 is 33.9. The fourth-order valence-electron chi connectivity index (χ4n) is 4.39. The van der Waals surface area contributed by atoms with Crippen molar-refractivity contribution in [1.82, 2.24) is 0 Å². The average molecular weight is 711 g/mol. The molecule has 0 aliphatic heterocycles. The van der Waals surface area contributed by atoms with Crippen molar-refractivity contribution in [1.29, 1.82) is 0 Å². The number of carbonyl (C=O) groups excluding carboxylic acids is 2. The number of unbranched alkanes of at least 4 members (excludes halogenated alkanes) is 8. The number of quaternary nitrogens is 1. The number of phosphoric ester groups is 1. The standard InChI is InChI=1S/C39H68NO8P/c1-6-8-10-12-14-15-16-17-18-19-20-21-22-23-24-25-26-28-30-32-39(42)48-37(35-45-38(41)31-29-27-13-11-9-7-2)36-47-49(43,44)46-34-33-40(3,4)5/h8,10,14-15,17-18,20-21,23-24,37H,6-7,9,11-13,16,19,22,25-36H2,1-5H3/p+1/b10-8-,15-14-,18-17-,21-20-,24-23-. The van der Waals surface area contributed by atoms with Crippen LogP contribution in [0, 0.1) is 0 Å². The molecule has 10 heteroatoms. The molecule has 0 saturated carbocycles. The van der Waals surface area contributed by atoms with Gasteiger partial charge in [-0.1, -0.05) is 113 Å². The van der Waals surface area contributed by atoms with E-state index in [4.69, 9.17) is 18.5 Å². The van der Waals surface area contributed by atoms with Crippen molar-refractivity contribution in [2.24, 2.45) is 0 Å². The number of rotatable bonds is 32. The summed E-state index contributed by atoms with van der Waals surface area (Å²) in [5.41, 5.74) is 0. The topological polar surface area (TPSA) is 108 Å². The van der Waals surface area contributed by atoms with Gasteiger partial charge in [-0.2, -0.15) is 0 Å². The van der Waals surface area contributed by atoms with Crippen LogP contribution in [0.1, 0.15) is 123 Å². The Kier molecular flexibility index (Phi) is 30.2. The van der Waals surface area contributed by atoms with E-state index in [0.29, 0.717) is 17.4 Å². The highest BCUT2D eigenvalue weighted by Crippen LogP contribution is 2.43. The van der Waals surface area contributed by atoms with E-state index in [0.717, 1.165) is 83.5 Å². The fraction of sp³-hybridized carbons (Fsp3) is 0.692. The first-order valence-corrected chi connectivity index (χ1v) is 20.0.